The zero-order valence-corrected chi connectivity index (χ0v) is 15.3. The molecule has 11 heteroatoms. The fourth-order valence-electron chi connectivity index (χ4n) is 2.75. The Morgan fingerprint density at radius 3 is 2.72 bits per heavy atom. The third-order valence-corrected chi connectivity index (χ3v) is 4.08. The van der Waals surface area contributed by atoms with Crippen molar-refractivity contribution in [2.75, 3.05) is 44.7 Å². The van der Waals surface area contributed by atoms with Gasteiger partial charge in [0.25, 0.3) is 5.92 Å². The molecule has 2 saturated heterocycles. The molecule has 1 aromatic rings. The Hall–Kier alpha value is -1.00. The van der Waals surface area contributed by atoms with E-state index < -0.39 is 30.8 Å². The van der Waals surface area contributed by atoms with Crippen LogP contribution in [0.3, 0.4) is 0 Å². The molecule has 0 radical (unpaired) electrons. The van der Waals surface area contributed by atoms with Gasteiger partial charge in [0.05, 0.1) is 44.2 Å². The average Bonchev–Trinajstić information content (AvgIpc) is 3.12. The standard InChI is InChI=1S/C14H21F2N5O2.2ClH/c15-14(16)7-12(17-10-14)13(22)19-11-8-18-21(9-11)2-1-20-3-5-23-6-4-20;;/h8-9,12,17H,1-7,10H2,(H,19,22);2*1H. The quantitative estimate of drug-likeness (QED) is 0.769. The van der Waals surface area contributed by atoms with Crippen LogP contribution >= 0.6 is 24.8 Å². The first kappa shape index (κ1) is 22.0. The number of alkyl halides is 2. The molecular weight excluding hydrogens is 379 g/mol. The van der Waals surface area contributed by atoms with E-state index in [9.17, 15) is 13.6 Å². The molecule has 0 spiro atoms. The molecule has 144 valence electrons. The Bertz CT molecular complexity index is 555. The molecule has 7 nitrogen and oxygen atoms in total. The maximum atomic E-state index is 13.1. The number of morpholine rings is 1. The zero-order chi connectivity index (χ0) is 16.3. The molecule has 1 atom stereocenters. The predicted molar refractivity (Wildman–Crippen MR) is 94.0 cm³/mol. The highest BCUT2D eigenvalue weighted by Gasteiger charge is 2.42. The summed E-state index contributed by atoms with van der Waals surface area (Å²) in [6.07, 6.45) is 2.78. The number of nitrogens with one attached hydrogen (secondary N) is 2. The second-order valence-electron chi connectivity index (χ2n) is 5.93. The molecule has 1 amide bonds. The maximum absolute atomic E-state index is 13.1. The second-order valence-corrected chi connectivity index (χ2v) is 5.93. The van der Waals surface area contributed by atoms with Crippen LogP contribution < -0.4 is 10.6 Å². The van der Waals surface area contributed by atoms with Gasteiger partial charge in [-0.2, -0.15) is 5.10 Å². The van der Waals surface area contributed by atoms with Gasteiger partial charge in [0.2, 0.25) is 5.91 Å². The predicted octanol–water partition coefficient (Wildman–Crippen LogP) is 0.995. The molecular formula is C14H23Cl2F2N5O2. The highest BCUT2D eigenvalue weighted by molar-refractivity contribution is 5.94. The molecule has 0 bridgehead atoms. The summed E-state index contributed by atoms with van der Waals surface area (Å²) in [5.41, 5.74) is 0.522. The van der Waals surface area contributed by atoms with E-state index in [-0.39, 0.29) is 24.8 Å². The van der Waals surface area contributed by atoms with Crippen LogP contribution in [-0.2, 0) is 16.1 Å². The van der Waals surface area contributed by atoms with Crippen molar-refractivity contribution in [3.63, 3.8) is 0 Å². The van der Waals surface area contributed by atoms with Crippen molar-refractivity contribution in [1.82, 2.24) is 20.0 Å². The molecule has 0 aliphatic carbocycles. The molecule has 2 aliphatic rings. The maximum Gasteiger partial charge on any atom is 0.262 e. The third kappa shape index (κ3) is 6.34. The second kappa shape index (κ2) is 9.63. The summed E-state index contributed by atoms with van der Waals surface area (Å²) in [4.78, 5) is 14.2. The van der Waals surface area contributed by atoms with E-state index >= 15 is 0 Å². The van der Waals surface area contributed by atoms with Gasteiger partial charge >= 0.3 is 0 Å². The molecule has 2 aliphatic heterocycles. The monoisotopic (exact) mass is 401 g/mol. The fraction of sp³-hybridized carbons (Fsp3) is 0.714. The highest BCUT2D eigenvalue weighted by Crippen LogP contribution is 2.25. The summed E-state index contributed by atoms with van der Waals surface area (Å²) in [6, 6.07) is -0.860. The summed E-state index contributed by atoms with van der Waals surface area (Å²) in [5.74, 6) is -3.26. The van der Waals surface area contributed by atoms with Crippen LogP contribution in [0.4, 0.5) is 14.5 Å². The number of nitrogens with zero attached hydrogens (tertiary/aromatic N) is 3. The van der Waals surface area contributed by atoms with Gasteiger partial charge in [-0.25, -0.2) is 8.78 Å². The number of amides is 1. The van der Waals surface area contributed by atoms with E-state index in [0.29, 0.717) is 12.2 Å². The number of rotatable bonds is 5. The van der Waals surface area contributed by atoms with Crippen molar-refractivity contribution in [3.8, 4) is 0 Å². The molecule has 0 aromatic carbocycles. The van der Waals surface area contributed by atoms with Gasteiger partial charge in [0.1, 0.15) is 0 Å². The lowest BCUT2D eigenvalue weighted by atomic mass is 10.2. The Morgan fingerprint density at radius 2 is 2.08 bits per heavy atom. The number of hydrogen-bond donors (Lipinski definition) is 2. The number of aromatic nitrogens is 2. The van der Waals surface area contributed by atoms with Crippen LogP contribution in [0, 0.1) is 0 Å². The van der Waals surface area contributed by atoms with Gasteiger partial charge in [-0.05, 0) is 0 Å². The van der Waals surface area contributed by atoms with Crippen molar-refractivity contribution in [3.05, 3.63) is 12.4 Å². The topological polar surface area (TPSA) is 71.4 Å². The van der Waals surface area contributed by atoms with Gasteiger partial charge in [-0.1, -0.05) is 0 Å². The van der Waals surface area contributed by atoms with E-state index in [4.69, 9.17) is 4.74 Å². The number of carbonyl (C=O) groups is 1. The number of carbonyl (C=O) groups excluding carboxylic acids is 1. The van der Waals surface area contributed by atoms with Crippen LogP contribution in [0.1, 0.15) is 6.42 Å². The van der Waals surface area contributed by atoms with E-state index in [1.807, 2.05) is 0 Å². The van der Waals surface area contributed by atoms with E-state index in [0.717, 1.165) is 32.8 Å². The number of hydrogen-bond acceptors (Lipinski definition) is 5. The Morgan fingerprint density at radius 1 is 1.36 bits per heavy atom. The Labute approximate surface area is 157 Å². The van der Waals surface area contributed by atoms with Gasteiger partial charge < -0.3 is 10.1 Å². The summed E-state index contributed by atoms with van der Waals surface area (Å²) in [7, 11) is 0. The van der Waals surface area contributed by atoms with Gasteiger partial charge in [0.15, 0.2) is 0 Å². The van der Waals surface area contributed by atoms with Gasteiger partial charge in [-0.3, -0.25) is 19.7 Å². The lowest BCUT2D eigenvalue weighted by molar-refractivity contribution is -0.118. The number of anilines is 1. The molecule has 3 heterocycles. The Kier molecular flexibility index (Phi) is 8.49. The smallest absolute Gasteiger partial charge is 0.262 e. The number of halogens is 4. The van der Waals surface area contributed by atoms with Crippen molar-refractivity contribution >= 4 is 36.4 Å². The first-order valence-electron chi connectivity index (χ1n) is 7.76. The highest BCUT2D eigenvalue weighted by atomic mass is 35.5. The van der Waals surface area contributed by atoms with Crippen LogP contribution in [-0.4, -0.2) is 71.9 Å². The zero-order valence-electron chi connectivity index (χ0n) is 13.6. The van der Waals surface area contributed by atoms with Gasteiger partial charge in [0, 0.05) is 32.3 Å². The lowest BCUT2D eigenvalue weighted by Crippen LogP contribution is -2.38. The molecule has 2 N–H and O–H groups in total. The number of ether oxygens (including phenoxy) is 1. The summed E-state index contributed by atoms with van der Waals surface area (Å²) >= 11 is 0. The summed E-state index contributed by atoms with van der Waals surface area (Å²) in [5, 5.41) is 9.35. The average molecular weight is 402 g/mol. The van der Waals surface area contributed by atoms with Crippen molar-refractivity contribution in [1.29, 1.82) is 0 Å². The summed E-state index contributed by atoms with van der Waals surface area (Å²) in [6.45, 7) is 4.42. The normalized spacial score (nSPS) is 22.7. The van der Waals surface area contributed by atoms with Crippen molar-refractivity contribution in [2.24, 2.45) is 0 Å². The van der Waals surface area contributed by atoms with Gasteiger partial charge in [-0.15, -0.1) is 24.8 Å². The van der Waals surface area contributed by atoms with Crippen molar-refractivity contribution < 1.29 is 18.3 Å². The minimum atomic E-state index is -2.82. The Balaban J connectivity index is 0.00000156. The third-order valence-electron chi connectivity index (χ3n) is 4.08. The van der Waals surface area contributed by atoms with Crippen LogP contribution in [0.5, 0.6) is 0 Å². The van der Waals surface area contributed by atoms with Crippen LogP contribution in [0.25, 0.3) is 0 Å². The fourth-order valence-corrected chi connectivity index (χ4v) is 2.75. The van der Waals surface area contributed by atoms with E-state index in [1.54, 1.807) is 10.9 Å². The molecule has 1 unspecified atom stereocenters. The summed E-state index contributed by atoms with van der Waals surface area (Å²) < 4.78 is 33.2. The molecule has 0 saturated carbocycles. The lowest BCUT2D eigenvalue weighted by Gasteiger charge is -2.26. The molecule has 25 heavy (non-hydrogen) atoms. The molecule has 3 rings (SSSR count). The minimum Gasteiger partial charge on any atom is -0.379 e. The van der Waals surface area contributed by atoms with E-state index in [2.05, 4.69) is 20.6 Å². The largest absolute Gasteiger partial charge is 0.379 e. The minimum absolute atomic E-state index is 0. The molecule has 2 fully saturated rings. The van der Waals surface area contributed by atoms with E-state index in [1.165, 1.54) is 6.20 Å². The molecule has 1 aromatic heterocycles. The van der Waals surface area contributed by atoms with Crippen LogP contribution in [0.15, 0.2) is 12.4 Å². The van der Waals surface area contributed by atoms with Crippen molar-refractivity contribution in [2.45, 2.75) is 24.9 Å². The first-order chi connectivity index (χ1) is 11.0. The van der Waals surface area contributed by atoms with Crippen LogP contribution in [0.2, 0.25) is 0 Å². The first-order valence-corrected chi connectivity index (χ1v) is 7.76. The SMILES string of the molecule is Cl.Cl.O=C(Nc1cnn(CCN2CCOCC2)c1)C1CC(F)(F)CN1.